The highest BCUT2D eigenvalue weighted by Gasteiger charge is 2.54. The van der Waals surface area contributed by atoms with Crippen LogP contribution in [0.5, 0.6) is 0 Å². The van der Waals surface area contributed by atoms with Crippen LogP contribution in [0.1, 0.15) is 30.4 Å². The number of hydrogen-bond acceptors (Lipinski definition) is 1. The molecule has 3 aliphatic rings. The van der Waals surface area contributed by atoms with Crippen molar-refractivity contribution in [3.05, 3.63) is 102 Å². The molecule has 2 fully saturated rings. The summed E-state index contributed by atoms with van der Waals surface area (Å²) in [6, 6.07) is 22.0. The quantitative estimate of drug-likeness (QED) is 0.664. The first-order valence-corrected chi connectivity index (χ1v) is 10.3. The zero-order chi connectivity index (χ0) is 18.1. The lowest BCUT2D eigenvalue weighted by Crippen LogP contribution is -2.31. The Hall–Kier alpha value is -2.38. The summed E-state index contributed by atoms with van der Waals surface area (Å²) in [5.74, 6) is 0.701. The van der Waals surface area contributed by atoms with E-state index in [2.05, 4.69) is 89.9 Å². The molecule has 0 amide bonds. The molecule has 0 aromatic heterocycles. The zero-order valence-electron chi connectivity index (χ0n) is 15.9. The van der Waals surface area contributed by atoms with Gasteiger partial charge in [0.2, 0.25) is 0 Å². The second kappa shape index (κ2) is 6.98. The van der Waals surface area contributed by atoms with Gasteiger partial charge in [0.25, 0.3) is 0 Å². The van der Waals surface area contributed by atoms with Gasteiger partial charge in [0.1, 0.15) is 0 Å². The number of fused-ring (bicyclic) bond motifs is 1. The molecule has 1 heteroatoms. The topological polar surface area (TPSA) is 3.24 Å². The van der Waals surface area contributed by atoms with Gasteiger partial charge in [-0.2, -0.15) is 0 Å². The van der Waals surface area contributed by atoms with Crippen LogP contribution in [0.3, 0.4) is 0 Å². The molecule has 1 aliphatic heterocycles. The highest BCUT2D eigenvalue weighted by molar-refractivity contribution is 5.79. The third kappa shape index (κ3) is 3.21. The van der Waals surface area contributed by atoms with Gasteiger partial charge >= 0.3 is 0 Å². The molecule has 2 unspecified atom stereocenters. The van der Waals surface area contributed by atoms with Crippen molar-refractivity contribution in [1.82, 2.24) is 4.90 Å². The lowest BCUT2D eigenvalue weighted by molar-refractivity contribution is 0.248. The summed E-state index contributed by atoms with van der Waals surface area (Å²) in [5.41, 5.74) is 6.45. The molecule has 0 bridgehead atoms. The van der Waals surface area contributed by atoms with Gasteiger partial charge in [-0.05, 0) is 41.9 Å². The Balaban J connectivity index is 1.41. The van der Waals surface area contributed by atoms with E-state index >= 15 is 0 Å². The molecule has 27 heavy (non-hydrogen) atoms. The lowest BCUT2D eigenvalue weighted by Gasteiger charge is -2.32. The fourth-order valence-electron chi connectivity index (χ4n) is 5.01. The van der Waals surface area contributed by atoms with Crippen LogP contribution in [0.2, 0.25) is 0 Å². The fraction of sp³-hybridized carbons (Fsp3) is 0.308. The third-order valence-corrected chi connectivity index (χ3v) is 6.50. The van der Waals surface area contributed by atoms with Crippen LogP contribution >= 0.6 is 0 Å². The Labute approximate surface area is 162 Å². The van der Waals surface area contributed by atoms with Crippen LogP contribution in [-0.4, -0.2) is 18.0 Å². The molecule has 0 radical (unpaired) electrons. The monoisotopic (exact) mass is 353 g/mol. The molecule has 2 aromatic carbocycles. The van der Waals surface area contributed by atoms with E-state index in [1.165, 1.54) is 43.5 Å². The summed E-state index contributed by atoms with van der Waals surface area (Å²) in [7, 11) is 0. The van der Waals surface area contributed by atoms with E-state index in [1.54, 1.807) is 11.1 Å². The Morgan fingerprint density at radius 1 is 0.889 bits per heavy atom. The largest absolute Gasteiger partial charge is 0.298 e. The standard InChI is InChI=1S/C26H27N/c1-3-9-21(10-4-1)20-27-17-14-23(15-18-27)25(22-11-5-2-6-12-22)26-16-8-7-13-24(26)19-26/h1-13,16,24H,14-15,17-20H2. The molecule has 1 saturated carbocycles. The molecule has 1 nitrogen and oxygen atoms in total. The summed E-state index contributed by atoms with van der Waals surface area (Å²) < 4.78 is 0. The maximum absolute atomic E-state index is 2.61. The van der Waals surface area contributed by atoms with Crippen molar-refractivity contribution in [2.24, 2.45) is 11.3 Å². The maximum atomic E-state index is 2.61. The number of piperidine rings is 1. The minimum Gasteiger partial charge on any atom is -0.298 e. The molecule has 2 aliphatic carbocycles. The molecule has 0 spiro atoms. The van der Waals surface area contributed by atoms with Crippen molar-refractivity contribution >= 4 is 5.57 Å². The van der Waals surface area contributed by atoms with Crippen LogP contribution in [-0.2, 0) is 6.54 Å². The molecular weight excluding hydrogens is 326 g/mol. The van der Waals surface area contributed by atoms with E-state index in [4.69, 9.17) is 0 Å². The van der Waals surface area contributed by atoms with E-state index in [0.29, 0.717) is 5.92 Å². The van der Waals surface area contributed by atoms with Crippen molar-refractivity contribution in [1.29, 1.82) is 0 Å². The van der Waals surface area contributed by atoms with Crippen LogP contribution in [0, 0.1) is 11.3 Å². The van der Waals surface area contributed by atoms with E-state index in [0.717, 1.165) is 6.54 Å². The Morgan fingerprint density at radius 2 is 1.59 bits per heavy atom. The Morgan fingerprint density at radius 3 is 2.30 bits per heavy atom. The van der Waals surface area contributed by atoms with Crippen LogP contribution in [0.15, 0.2) is 90.5 Å². The van der Waals surface area contributed by atoms with Crippen molar-refractivity contribution in [2.45, 2.75) is 25.8 Å². The number of nitrogens with zero attached hydrogens (tertiary/aromatic N) is 1. The van der Waals surface area contributed by atoms with Gasteiger partial charge in [0.15, 0.2) is 0 Å². The predicted molar refractivity (Wildman–Crippen MR) is 113 cm³/mol. The third-order valence-electron chi connectivity index (χ3n) is 6.50. The second-order valence-corrected chi connectivity index (χ2v) is 8.20. The maximum Gasteiger partial charge on any atom is 0.0233 e. The highest BCUT2D eigenvalue weighted by Crippen LogP contribution is 2.65. The van der Waals surface area contributed by atoms with Gasteiger partial charge in [0.05, 0.1) is 0 Å². The van der Waals surface area contributed by atoms with E-state index in [9.17, 15) is 0 Å². The Kier molecular flexibility index (Phi) is 4.33. The Bertz CT molecular complexity index is 880. The minimum atomic E-state index is 0.271. The van der Waals surface area contributed by atoms with E-state index in [-0.39, 0.29) is 5.41 Å². The van der Waals surface area contributed by atoms with Gasteiger partial charge in [-0.3, -0.25) is 4.90 Å². The molecule has 5 rings (SSSR count). The minimum absolute atomic E-state index is 0.271. The fourth-order valence-corrected chi connectivity index (χ4v) is 5.01. The van der Waals surface area contributed by atoms with Gasteiger partial charge in [-0.15, -0.1) is 0 Å². The molecular formula is C26H27N. The first kappa shape index (κ1) is 16.8. The predicted octanol–water partition coefficient (Wildman–Crippen LogP) is 5.87. The average Bonchev–Trinajstić information content (AvgIpc) is 3.46. The number of allylic oxidation sites excluding steroid dienone is 5. The van der Waals surface area contributed by atoms with E-state index in [1.807, 2.05) is 0 Å². The van der Waals surface area contributed by atoms with Gasteiger partial charge in [0, 0.05) is 25.0 Å². The summed E-state index contributed by atoms with van der Waals surface area (Å²) in [4.78, 5) is 2.61. The van der Waals surface area contributed by atoms with Gasteiger partial charge < -0.3 is 0 Å². The first-order chi connectivity index (χ1) is 13.4. The number of likely N-dealkylation sites (tertiary alicyclic amines) is 1. The van der Waals surface area contributed by atoms with Crippen molar-refractivity contribution in [2.75, 3.05) is 13.1 Å². The molecule has 1 saturated heterocycles. The molecule has 2 aromatic rings. The van der Waals surface area contributed by atoms with Crippen molar-refractivity contribution < 1.29 is 0 Å². The summed E-state index contributed by atoms with van der Waals surface area (Å²) in [5, 5.41) is 0. The molecule has 1 heterocycles. The normalized spacial score (nSPS) is 26.7. The lowest BCUT2D eigenvalue weighted by atomic mass is 9.80. The molecule has 136 valence electrons. The first-order valence-electron chi connectivity index (χ1n) is 10.3. The smallest absolute Gasteiger partial charge is 0.0233 e. The number of benzene rings is 2. The number of rotatable bonds is 4. The number of hydrogen-bond donors (Lipinski definition) is 0. The van der Waals surface area contributed by atoms with Crippen LogP contribution in [0.4, 0.5) is 0 Å². The second-order valence-electron chi connectivity index (χ2n) is 8.20. The SMILES string of the molecule is C1=CC2CC2(C(=C2CCN(Cc3ccccc3)CC2)c2ccccc2)C=C1. The highest BCUT2D eigenvalue weighted by atomic mass is 15.1. The van der Waals surface area contributed by atoms with Gasteiger partial charge in [-0.1, -0.05) is 90.5 Å². The zero-order valence-corrected chi connectivity index (χ0v) is 15.9. The summed E-state index contributed by atoms with van der Waals surface area (Å²) >= 11 is 0. The van der Waals surface area contributed by atoms with Gasteiger partial charge in [-0.25, -0.2) is 0 Å². The summed E-state index contributed by atoms with van der Waals surface area (Å²) in [6.45, 7) is 3.41. The summed E-state index contributed by atoms with van der Waals surface area (Å²) in [6.07, 6.45) is 13.0. The van der Waals surface area contributed by atoms with Crippen LogP contribution < -0.4 is 0 Å². The van der Waals surface area contributed by atoms with Crippen molar-refractivity contribution in [3.63, 3.8) is 0 Å². The van der Waals surface area contributed by atoms with E-state index < -0.39 is 0 Å². The molecule has 2 atom stereocenters. The van der Waals surface area contributed by atoms with Crippen molar-refractivity contribution in [3.8, 4) is 0 Å². The van der Waals surface area contributed by atoms with Crippen LogP contribution in [0.25, 0.3) is 5.57 Å². The average molecular weight is 354 g/mol. The molecule has 0 N–H and O–H groups in total.